The van der Waals surface area contributed by atoms with Gasteiger partial charge >= 0.3 is 0 Å². The lowest BCUT2D eigenvalue weighted by Gasteiger charge is -2.32. The molecule has 2 amide bonds. The molecular weight excluding hydrogens is 322 g/mol. The summed E-state index contributed by atoms with van der Waals surface area (Å²) in [5, 5.41) is 4.07. The van der Waals surface area contributed by atoms with E-state index in [2.05, 4.69) is 5.16 Å². The Hall–Kier alpha value is -2.57. The Bertz CT molecular complexity index is 689. The number of methoxy groups -OCH3 is 1. The number of hydrogen-bond acceptors (Lipinski definition) is 5. The van der Waals surface area contributed by atoms with E-state index in [1.807, 2.05) is 24.3 Å². The van der Waals surface area contributed by atoms with Crippen molar-refractivity contribution in [2.45, 2.75) is 31.8 Å². The zero-order chi connectivity index (χ0) is 17.8. The minimum absolute atomic E-state index is 0.115. The second-order valence-electron chi connectivity index (χ2n) is 6.51. The maximum atomic E-state index is 12.6. The first-order valence-corrected chi connectivity index (χ1v) is 8.49. The van der Waals surface area contributed by atoms with Crippen LogP contribution in [0.4, 0.5) is 0 Å². The average molecular weight is 345 g/mol. The summed E-state index contributed by atoms with van der Waals surface area (Å²) in [5.41, 5.74) is 7.26. The van der Waals surface area contributed by atoms with Gasteiger partial charge in [0.2, 0.25) is 12.0 Å². The summed E-state index contributed by atoms with van der Waals surface area (Å²) >= 11 is 0. The summed E-state index contributed by atoms with van der Waals surface area (Å²) in [5.74, 6) is 0.0573. The van der Waals surface area contributed by atoms with E-state index in [1.165, 1.54) is 0 Å². The zero-order valence-corrected chi connectivity index (χ0v) is 14.3. The number of rotatable bonds is 5. The number of carbonyl (C=O) groups is 2. The van der Waals surface area contributed by atoms with Gasteiger partial charge in [0.15, 0.2) is 0 Å². The van der Waals surface area contributed by atoms with Crippen molar-refractivity contribution in [1.29, 1.82) is 0 Å². The molecule has 2 N–H and O–H groups in total. The molecule has 7 nitrogen and oxygen atoms in total. The van der Waals surface area contributed by atoms with Gasteiger partial charge in [-0.1, -0.05) is 17.3 Å². The van der Waals surface area contributed by atoms with E-state index in [1.54, 1.807) is 12.0 Å². The molecule has 0 aliphatic carbocycles. The lowest BCUT2D eigenvalue weighted by molar-refractivity contribution is -0.144. The van der Waals surface area contributed by atoms with Gasteiger partial charge < -0.3 is 20.2 Å². The molecule has 3 rings (SSSR count). The first-order chi connectivity index (χ1) is 12.1. The molecule has 1 aromatic carbocycles. The third kappa shape index (κ3) is 4.10. The smallest absolute Gasteiger partial charge is 0.266 e. The van der Waals surface area contributed by atoms with Crippen LogP contribution in [0.5, 0.6) is 5.75 Å². The number of benzene rings is 1. The van der Waals surface area contributed by atoms with Crippen LogP contribution in [0.2, 0.25) is 0 Å². The second kappa shape index (κ2) is 7.55. The van der Waals surface area contributed by atoms with Crippen LogP contribution >= 0.6 is 0 Å². The Morgan fingerprint density at radius 1 is 1.44 bits per heavy atom. The summed E-state index contributed by atoms with van der Waals surface area (Å²) in [6, 6.07) is 7.74. The van der Waals surface area contributed by atoms with Crippen LogP contribution in [0, 0.1) is 5.92 Å². The van der Waals surface area contributed by atoms with Crippen molar-refractivity contribution in [2.75, 3.05) is 20.2 Å². The Morgan fingerprint density at radius 2 is 2.28 bits per heavy atom. The number of amides is 2. The van der Waals surface area contributed by atoms with Gasteiger partial charge in [0, 0.05) is 25.9 Å². The fourth-order valence-electron chi connectivity index (χ4n) is 3.29. The van der Waals surface area contributed by atoms with Crippen LogP contribution in [0.1, 0.15) is 24.8 Å². The molecular formula is C18H23N3O4. The number of ether oxygens (including phenoxy) is 1. The number of nitrogens with two attached hydrogens (primary N) is 1. The third-order valence-corrected chi connectivity index (χ3v) is 4.68. The van der Waals surface area contributed by atoms with Gasteiger partial charge in [-0.2, -0.15) is 0 Å². The van der Waals surface area contributed by atoms with Crippen LogP contribution < -0.4 is 10.5 Å². The van der Waals surface area contributed by atoms with Crippen molar-refractivity contribution < 1.29 is 19.2 Å². The Balaban J connectivity index is 1.56. The minimum Gasteiger partial charge on any atom is -0.497 e. The molecule has 2 unspecified atom stereocenters. The monoisotopic (exact) mass is 345 g/mol. The van der Waals surface area contributed by atoms with E-state index < -0.39 is 6.10 Å². The maximum absolute atomic E-state index is 12.6. The van der Waals surface area contributed by atoms with E-state index in [0.717, 1.165) is 29.9 Å². The minimum atomic E-state index is -0.604. The summed E-state index contributed by atoms with van der Waals surface area (Å²) < 4.78 is 5.22. The molecule has 2 aliphatic heterocycles. The lowest BCUT2D eigenvalue weighted by atomic mass is 9.96. The zero-order valence-electron chi connectivity index (χ0n) is 14.3. The SMILES string of the molecule is COc1cccc(CC2=NOC(C(=O)N3CCCC(C(N)=O)C3)C2)c1. The summed E-state index contributed by atoms with van der Waals surface area (Å²) in [6.45, 7) is 1.01. The number of nitrogens with zero attached hydrogens (tertiary/aromatic N) is 2. The number of primary amides is 1. The standard InChI is InChI=1S/C18H23N3O4/c1-24-15-6-2-4-12(9-15)8-14-10-16(25-20-14)18(23)21-7-3-5-13(11-21)17(19)22/h2,4,6,9,13,16H,3,5,7-8,10-11H2,1H3,(H2,19,22). The van der Waals surface area contributed by atoms with Gasteiger partial charge in [0.05, 0.1) is 18.7 Å². The first kappa shape index (κ1) is 17.3. The number of carbonyl (C=O) groups excluding carboxylic acids is 2. The molecule has 1 saturated heterocycles. The molecule has 2 atom stereocenters. The molecule has 0 aromatic heterocycles. The highest BCUT2D eigenvalue weighted by atomic mass is 16.6. The van der Waals surface area contributed by atoms with Crippen molar-refractivity contribution in [3.63, 3.8) is 0 Å². The Morgan fingerprint density at radius 3 is 3.04 bits per heavy atom. The van der Waals surface area contributed by atoms with E-state index in [4.69, 9.17) is 15.3 Å². The molecule has 7 heteroatoms. The topological polar surface area (TPSA) is 94.2 Å². The van der Waals surface area contributed by atoms with Gasteiger partial charge in [-0.05, 0) is 30.5 Å². The van der Waals surface area contributed by atoms with Crippen molar-refractivity contribution >= 4 is 17.5 Å². The molecule has 1 fully saturated rings. The van der Waals surface area contributed by atoms with Crippen molar-refractivity contribution in [2.24, 2.45) is 16.8 Å². The summed E-state index contributed by atoms with van der Waals surface area (Å²) in [7, 11) is 1.63. The quantitative estimate of drug-likeness (QED) is 0.865. The van der Waals surface area contributed by atoms with E-state index in [-0.39, 0.29) is 17.7 Å². The highest BCUT2D eigenvalue weighted by molar-refractivity contribution is 5.94. The molecule has 0 spiro atoms. The molecule has 2 heterocycles. The van der Waals surface area contributed by atoms with Crippen LogP contribution in [0.15, 0.2) is 29.4 Å². The van der Waals surface area contributed by atoms with Gasteiger partial charge in [0.1, 0.15) is 5.75 Å². The predicted octanol–water partition coefficient (Wildman–Crippen LogP) is 1.11. The van der Waals surface area contributed by atoms with Gasteiger partial charge in [-0.3, -0.25) is 9.59 Å². The largest absolute Gasteiger partial charge is 0.497 e. The van der Waals surface area contributed by atoms with E-state index in [9.17, 15) is 9.59 Å². The van der Waals surface area contributed by atoms with Crippen molar-refractivity contribution in [1.82, 2.24) is 4.90 Å². The summed E-state index contributed by atoms with van der Waals surface area (Å²) in [4.78, 5) is 31.0. The fraction of sp³-hybridized carbons (Fsp3) is 0.500. The average Bonchev–Trinajstić information content (AvgIpc) is 3.09. The van der Waals surface area contributed by atoms with Gasteiger partial charge in [0.25, 0.3) is 5.91 Å². The van der Waals surface area contributed by atoms with Crippen LogP contribution in [-0.4, -0.2) is 48.7 Å². The molecule has 134 valence electrons. The third-order valence-electron chi connectivity index (χ3n) is 4.68. The summed E-state index contributed by atoms with van der Waals surface area (Å²) in [6.07, 6.45) is 2.00. The van der Waals surface area contributed by atoms with Crippen LogP contribution in [0.25, 0.3) is 0 Å². The number of hydrogen-bond donors (Lipinski definition) is 1. The second-order valence-corrected chi connectivity index (χ2v) is 6.51. The maximum Gasteiger partial charge on any atom is 0.266 e. The normalized spacial score (nSPS) is 22.9. The number of oxime groups is 1. The highest BCUT2D eigenvalue weighted by Gasteiger charge is 2.35. The van der Waals surface area contributed by atoms with E-state index >= 15 is 0 Å². The first-order valence-electron chi connectivity index (χ1n) is 8.49. The van der Waals surface area contributed by atoms with Gasteiger partial charge in [-0.25, -0.2) is 0 Å². The Kier molecular flexibility index (Phi) is 5.21. The van der Waals surface area contributed by atoms with E-state index in [0.29, 0.717) is 25.9 Å². The molecule has 0 bridgehead atoms. The van der Waals surface area contributed by atoms with Crippen molar-refractivity contribution in [3.05, 3.63) is 29.8 Å². The highest BCUT2D eigenvalue weighted by Crippen LogP contribution is 2.22. The van der Waals surface area contributed by atoms with Gasteiger partial charge in [-0.15, -0.1) is 0 Å². The predicted molar refractivity (Wildman–Crippen MR) is 92.1 cm³/mol. The van der Waals surface area contributed by atoms with Crippen molar-refractivity contribution in [3.8, 4) is 5.75 Å². The lowest BCUT2D eigenvalue weighted by Crippen LogP contribution is -2.47. The molecule has 2 aliphatic rings. The number of piperidine rings is 1. The fourth-order valence-corrected chi connectivity index (χ4v) is 3.29. The number of likely N-dealkylation sites (tertiary alicyclic amines) is 1. The molecule has 1 aromatic rings. The van der Waals surface area contributed by atoms with Crippen LogP contribution in [-0.2, 0) is 20.8 Å². The molecule has 0 radical (unpaired) electrons. The van der Waals surface area contributed by atoms with Crippen LogP contribution in [0.3, 0.4) is 0 Å². The molecule has 0 saturated carbocycles. The Labute approximate surface area is 146 Å². The molecule has 25 heavy (non-hydrogen) atoms.